The van der Waals surface area contributed by atoms with Gasteiger partial charge in [-0.1, -0.05) is 6.92 Å². The van der Waals surface area contributed by atoms with Crippen LogP contribution in [0.4, 0.5) is 5.82 Å². The Labute approximate surface area is 118 Å². The number of aromatic nitrogens is 2. The molecule has 1 aromatic rings. The third kappa shape index (κ3) is 3.88. The second-order valence-electron chi connectivity index (χ2n) is 4.63. The van der Waals surface area contributed by atoms with Crippen molar-refractivity contribution in [3.8, 4) is 0 Å². The van der Waals surface area contributed by atoms with Gasteiger partial charge in [0, 0.05) is 26.7 Å². The maximum absolute atomic E-state index is 11.9. The summed E-state index contributed by atoms with van der Waals surface area (Å²) in [6.07, 6.45) is 3.03. The molecule has 20 heavy (non-hydrogen) atoms. The van der Waals surface area contributed by atoms with Crippen LogP contribution in [0.1, 0.15) is 17.4 Å². The van der Waals surface area contributed by atoms with E-state index in [4.69, 9.17) is 4.74 Å². The van der Waals surface area contributed by atoms with Crippen LogP contribution in [0, 0.1) is 0 Å². The van der Waals surface area contributed by atoms with Gasteiger partial charge in [-0.3, -0.25) is 9.69 Å². The van der Waals surface area contributed by atoms with E-state index < -0.39 is 0 Å². The molecule has 0 bridgehead atoms. The fraction of sp³-hybridized carbons (Fsp3) is 0.615. The molecule has 7 nitrogen and oxygen atoms in total. The molecule has 0 saturated carbocycles. The van der Waals surface area contributed by atoms with E-state index in [1.807, 2.05) is 0 Å². The number of amides is 1. The van der Waals surface area contributed by atoms with Crippen LogP contribution < -0.4 is 10.6 Å². The van der Waals surface area contributed by atoms with Gasteiger partial charge in [0.1, 0.15) is 11.5 Å². The normalized spacial score (nSPS) is 19.6. The van der Waals surface area contributed by atoms with Gasteiger partial charge in [0.15, 0.2) is 0 Å². The zero-order valence-corrected chi connectivity index (χ0v) is 11.9. The molecule has 7 heteroatoms. The summed E-state index contributed by atoms with van der Waals surface area (Å²) in [4.78, 5) is 22.4. The number of nitrogens with zero attached hydrogens (tertiary/aromatic N) is 3. The third-order valence-electron chi connectivity index (χ3n) is 3.30. The Morgan fingerprint density at radius 3 is 3.00 bits per heavy atom. The van der Waals surface area contributed by atoms with E-state index in [-0.39, 0.29) is 12.0 Å². The molecule has 0 aliphatic carbocycles. The average molecular weight is 279 g/mol. The first-order chi connectivity index (χ1) is 9.72. The quantitative estimate of drug-likeness (QED) is 0.788. The van der Waals surface area contributed by atoms with Gasteiger partial charge in [0.05, 0.1) is 25.1 Å². The largest absolute Gasteiger partial charge is 0.374 e. The van der Waals surface area contributed by atoms with Crippen molar-refractivity contribution in [1.29, 1.82) is 0 Å². The molecule has 1 aliphatic heterocycles. The molecule has 1 aliphatic rings. The highest BCUT2D eigenvalue weighted by atomic mass is 16.5. The number of likely N-dealkylation sites (N-methyl/N-ethyl adjacent to an activating group) is 1. The Balaban J connectivity index is 1.82. The summed E-state index contributed by atoms with van der Waals surface area (Å²) in [6, 6.07) is 0. The van der Waals surface area contributed by atoms with Crippen LogP contribution in [0.15, 0.2) is 12.4 Å². The standard InChI is InChI=1S/C13H21N5O2/c1-3-18-4-5-20-10(9-18)6-17-13(19)11-7-16-12(14-2)8-15-11/h7-8,10H,3-6,9H2,1-2H3,(H,14,16)(H,17,19). The highest BCUT2D eigenvalue weighted by Crippen LogP contribution is 2.04. The second-order valence-corrected chi connectivity index (χ2v) is 4.63. The van der Waals surface area contributed by atoms with Crippen molar-refractivity contribution in [1.82, 2.24) is 20.2 Å². The number of anilines is 1. The maximum Gasteiger partial charge on any atom is 0.271 e. The molecule has 2 rings (SSSR count). The van der Waals surface area contributed by atoms with Crippen LogP contribution in [-0.4, -0.2) is 66.7 Å². The molecule has 0 aromatic carbocycles. The van der Waals surface area contributed by atoms with Crippen molar-refractivity contribution in [3.05, 3.63) is 18.1 Å². The lowest BCUT2D eigenvalue weighted by atomic mass is 10.2. The first kappa shape index (κ1) is 14.7. The molecule has 2 heterocycles. The number of morpholine rings is 1. The molecule has 1 amide bonds. The Bertz CT molecular complexity index is 437. The fourth-order valence-electron chi connectivity index (χ4n) is 2.06. The lowest BCUT2D eigenvalue weighted by Gasteiger charge is -2.32. The Morgan fingerprint density at radius 1 is 1.50 bits per heavy atom. The van der Waals surface area contributed by atoms with Crippen molar-refractivity contribution < 1.29 is 9.53 Å². The van der Waals surface area contributed by atoms with E-state index in [9.17, 15) is 4.79 Å². The first-order valence-corrected chi connectivity index (χ1v) is 6.85. The molecule has 1 atom stereocenters. The predicted octanol–water partition coefficient (Wildman–Crippen LogP) is -0.0312. The smallest absolute Gasteiger partial charge is 0.271 e. The van der Waals surface area contributed by atoms with Crippen molar-refractivity contribution in [2.75, 3.05) is 45.2 Å². The third-order valence-corrected chi connectivity index (χ3v) is 3.30. The van der Waals surface area contributed by atoms with Crippen LogP contribution in [0.2, 0.25) is 0 Å². The summed E-state index contributed by atoms with van der Waals surface area (Å²) in [6.45, 7) is 6.14. The topological polar surface area (TPSA) is 79.4 Å². The summed E-state index contributed by atoms with van der Waals surface area (Å²) in [5, 5.41) is 5.69. The van der Waals surface area contributed by atoms with E-state index in [1.54, 1.807) is 7.05 Å². The molecular formula is C13H21N5O2. The first-order valence-electron chi connectivity index (χ1n) is 6.85. The summed E-state index contributed by atoms with van der Waals surface area (Å²) >= 11 is 0. The Morgan fingerprint density at radius 2 is 2.35 bits per heavy atom. The molecule has 110 valence electrons. The van der Waals surface area contributed by atoms with E-state index >= 15 is 0 Å². The Kier molecular flexibility index (Phi) is 5.25. The molecule has 0 radical (unpaired) electrons. The summed E-state index contributed by atoms with van der Waals surface area (Å²) < 4.78 is 5.63. The van der Waals surface area contributed by atoms with E-state index in [2.05, 4.69) is 32.4 Å². The molecule has 0 spiro atoms. The monoisotopic (exact) mass is 279 g/mol. The number of nitrogens with one attached hydrogen (secondary N) is 2. The van der Waals surface area contributed by atoms with Crippen molar-refractivity contribution in [3.63, 3.8) is 0 Å². The lowest BCUT2D eigenvalue weighted by molar-refractivity contribution is -0.0246. The van der Waals surface area contributed by atoms with Crippen molar-refractivity contribution >= 4 is 11.7 Å². The van der Waals surface area contributed by atoms with Gasteiger partial charge in [0.25, 0.3) is 5.91 Å². The van der Waals surface area contributed by atoms with Gasteiger partial charge in [-0.05, 0) is 6.54 Å². The number of rotatable bonds is 5. The number of carbonyl (C=O) groups is 1. The SMILES string of the molecule is CCN1CCOC(CNC(=O)c2cnc(NC)cn2)C1. The minimum atomic E-state index is -0.225. The predicted molar refractivity (Wildman–Crippen MR) is 75.8 cm³/mol. The van der Waals surface area contributed by atoms with Crippen LogP contribution in [0.25, 0.3) is 0 Å². The minimum absolute atomic E-state index is 0.0391. The molecule has 1 aromatic heterocycles. The van der Waals surface area contributed by atoms with Crippen LogP contribution in [0.5, 0.6) is 0 Å². The molecule has 1 fully saturated rings. The highest BCUT2D eigenvalue weighted by Gasteiger charge is 2.20. The number of hydrogen-bond donors (Lipinski definition) is 2. The minimum Gasteiger partial charge on any atom is -0.374 e. The van der Waals surface area contributed by atoms with Crippen LogP contribution in [-0.2, 0) is 4.74 Å². The van der Waals surface area contributed by atoms with Gasteiger partial charge in [-0.25, -0.2) is 9.97 Å². The number of carbonyl (C=O) groups excluding carboxylic acids is 1. The van der Waals surface area contributed by atoms with Crippen molar-refractivity contribution in [2.24, 2.45) is 0 Å². The highest BCUT2D eigenvalue weighted by molar-refractivity contribution is 5.92. The maximum atomic E-state index is 11.9. The Hall–Kier alpha value is -1.73. The molecule has 2 N–H and O–H groups in total. The summed E-state index contributed by atoms with van der Waals surface area (Å²) in [5.74, 6) is 0.410. The van der Waals surface area contributed by atoms with Gasteiger partial charge in [-0.15, -0.1) is 0 Å². The van der Waals surface area contributed by atoms with Gasteiger partial charge < -0.3 is 15.4 Å². The van der Waals surface area contributed by atoms with Crippen LogP contribution >= 0.6 is 0 Å². The van der Waals surface area contributed by atoms with E-state index in [0.29, 0.717) is 24.7 Å². The summed E-state index contributed by atoms with van der Waals surface area (Å²) in [5.41, 5.74) is 0.312. The number of ether oxygens (including phenoxy) is 1. The van der Waals surface area contributed by atoms with E-state index in [1.165, 1.54) is 12.4 Å². The molecule has 1 unspecified atom stereocenters. The average Bonchev–Trinajstić information content (AvgIpc) is 2.53. The number of hydrogen-bond acceptors (Lipinski definition) is 6. The molecule has 1 saturated heterocycles. The summed E-state index contributed by atoms with van der Waals surface area (Å²) in [7, 11) is 1.75. The fourth-order valence-corrected chi connectivity index (χ4v) is 2.06. The zero-order valence-electron chi connectivity index (χ0n) is 11.9. The lowest BCUT2D eigenvalue weighted by Crippen LogP contribution is -2.47. The van der Waals surface area contributed by atoms with Gasteiger partial charge in [0.2, 0.25) is 0 Å². The van der Waals surface area contributed by atoms with Gasteiger partial charge in [-0.2, -0.15) is 0 Å². The second kappa shape index (κ2) is 7.16. The zero-order chi connectivity index (χ0) is 14.4. The van der Waals surface area contributed by atoms with Crippen molar-refractivity contribution in [2.45, 2.75) is 13.0 Å². The van der Waals surface area contributed by atoms with E-state index in [0.717, 1.165) is 19.6 Å². The molecular weight excluding hydrogens is 258 g/mol. The van der Waals surface area contributed by atoms with Crippen LogP contribution in [0.3, 0.4) is 0 Å². The van der Waals surface area contributed by atoms with Gasteiger partial charge >= 0.3 is 0 Å².